The fraction of sp³-hybridized carbons (Fsp3) is 0.138. The highest BCUT2D eigenvalue weighted by atomic mass is 14.9. The highest BCUT2D eigenvalue weighted by Gasteiger charge is 2.60. The Hall–Kier alpha value is -7.10. The van der Waals surface area contributed by atoms with E-state index < -0.39 is 5.41 Å². The van der Waals surface area contributed by atoms with E-state index in [-0.39, 0.29) is 11.3 Å². The number of nitrogens with one attached hydrogen (secondary N) is 1. The summed E-state index contributed by atoms with van der Waals surface area (Å²) < 4.78 is 0. The van der Waals surface area contributed by atoms with Crippen molar-refractivity contribution in [2.75, 3.05) is 0 Å². The minimum Gasteiger partial charge on any atom is -0.383 e. The zero-order valence-corrected chi connectivity index (χ0v) is 34.9. The van der Waals surface area contributed by atoms with E-state index in [0.717, 1.165) is 63.1 Å². The van der Waals surface area contributed by atoms with Gasteiger partial charge < -0.3 is 5.73 Å². The average molecular weight is 786 g/mol. The minimum atomic E-state index is -0.520. The van der Waals surface area contributed by atoms with Gasteiger partial charge in [-0.3, -0.25) is 5.41 Å². The van der Waals surface area contributed by atoms with E-state index in [2.05, 4.69) is 166 Å². The van der Waals surface area contributed by atoms with Gasteiger partial charge in [-0.15, -0.1) is 0 Å². The van der Waals surface area contributed by atoms with E-state index in [0.29, 0.717) is 5.84 Å². The second kappa shape index (κ2) is 14.0. The van der Waals surface area contributed by atoms with Crippen LogP contribution in [0.4, 0.5) is 0 Å². The molecule has 3 N–H and O–H groups in total. The predicted octanol–water partition coefficient (Wildman–Crippen LogP) is 14.0. The number of allylic oxidation sites excluding steroid dienone is 9. The molecule has 0 heterocycles. The van der Waals surface area contributed by atoms with Crippen molar-refractivity contribution >= 4 is 49.9 Å². The zero-order valence-electron chi connectivity index (χ0n) is 34.9. The molecule has 2 atom stereocenters. The van der Waals surface area contributed by atoms with E-state index in [1.807, 2.05) is 30.3 Å². The molecule has 0 aromatic heterocycles. The van der Waals surface area contributed by atoms with Crippen LogP contribution >= 0.6 is 0 Å². The first-order valence-electron chi connectivity index (χ1n) is 21.7. The molecule has 3 nitrogen and oxygen atoms in total. The number of hydrogen-bond donors (Lipinski definition) is 2. The number of amidine groups is 2. The van der Waals surface area contributed by atoms with Crippen molar-refractivity contribution in [3.63, 3.8) is 0 Å². The fourth-order valence-electron chi connectivity index (χ4n) is 11.6. The van der Waals surface area contributed by atoms with Gasteiger partial charge in [0.1, 0.15) is 5.84 Å². The minimum absolute atomic E-state index is 0.136. The molecule has 11 rings (SSSR count). The van der Waals surface area contributed by atoms with E-state index in [9.17, 15) is 0 Å². The summed E-state index contributed by atoms with van der Waals surface area (Å²) in [6.07, 6.45) is 14.5. The van der Waals surface area contributed by atoms with Crippen LogP contribution < -0.4 is 5.73 Å². The molecule has 2 unspecified atom stereocenters. The number of fused-ring (bicyclic) bond motifs is 14. The SMILES string of the molecule is CC/C=C\C1=C(CC)C2(C3=C(c4ccccc4C4=CC=CCC43C)c3ccccc32)c2cccc(-c3c(C(N)=NC(=N)c4ccccc4)c4ccccc4c4ccccc34)c21. The second-order valence-electron chi connectivity index (χ2n) is 17.0. The van der Waals surface area contributed by atoms with Gasteiger partial charge in [-0.05, 0) is 108 Å². The van der Waals surface area contributed by atoms with Crippen molar-refractivity contribution in [1.29, 1.82) is 5.41 Å². The third-order valence-corrected chi connectivity index (χ3v) is 13.9. The van der Waals surface area contributed by atoms with Crippen LogP contribution in [0.25, 0.3) is 49.4 Å². The molecule has 1 spiro atoms. The predicted molar refractivity (Wildman–Crippen MR) is 257 cm³/mol. The maximum atomic E-state index is 9.15. The maximum absolute atomic E-state index is 9.15. The fourth-order valence-corrected chi connectivity index (χ4v) is 11.6. The lowest BCUT2D eigenvalue weighted by molar-refractivity contribution is 0.472. The molecular formula is C58H47N3. The van der Waals surface area contributed by atoms with Crippen LogP contribution in [0.2, 0.25) is 0 Å². The van der Waals surface area contributed by atoms with Crippen molar-refractivity contribution in [2.24, 2.45) is 16.1 Å². The molecule has 0 radical (unpaired) electrons. The summed E-state index contributed by atoms with van der Waals surface area (Å²) in [6.45, 7) is 7.09. The highest BCUT2D eigenvalue weighted by molar-refractivity contribution is 6.27. The molecular weight excluding hydrogens is 739 g/mol. The van der Waals surface area contributed by atoms with Crippen LogP contribution in [-0.4, -0.2) is 11.7 Å². The maximum Gasteiger partial charge on any atom is 0.154 e. The van der Waals surface area contributed by atoms with Crippen LogP contribution in [-0.2, 0) is 5.41 Å². The molecule has 0 fully saturated rings. The number of aliphatic imine (C=N–C) groups is 1. The van der Waals surface area contributed by atoms with Gasteiger partial charge in [0.15, 0.2) is 5.84 Å². The topological polar surface area (TPSA) is 62.2 Å². The summed E-state index contributed by atoms with van der Waals surface area (Å²) >= 11 is 0. The van der Waals surface area contributed by atoms with Crippen molar-refractivity contribution in [3.05, 3.63) is 232 Å². The molecule has 61 heavy (non-hydrogen) atoms. The molecule has 294 valence electrons. The summed E-state index contributed by atoms with van der Waals surface area (Å²) in [5, 5.41) is 13.5. The Morgan fingerprint density at radius 1 is 0.672 bits per heavy atom. The number of benzene rings is 7. The lowest BCUT2D eigenvalue weighted by Gasteiger charge is -2.48. The van der Waals surface area contributed by atoms with Crippen LogP contribution in [0.3, 0.4) is 0 Å². The lowest BCUT2D eigenvalue weighted by atomic mass is 9.54. The third-order valence-electron chi connectivity index (χ3n) is 13.9. The largest absolute Gasteiger partial charge is 0.383 e. The normalized spacial score (nSPS) is 20.0. The molecule has 7 aromatic carbocycles. The van der Waals surface area contributed by atoms with E-state index in [4.69, 9.17) is 16.1 Å². The standard InChI is InChI=1S/C58H47N3/c1-4-6-23-43-46(5-2)58(48-33-17-16-30-44(48)52-42-29-15-12-26-39(42)47-32-18-19-35-57(47,3)54(52)58)49-34-20-31-45(50(43)49)51-40-27-13-10-24-37(40)38-25-11-14-28-41(38)53(51)56(60)61-55(59)36-21-8-7-9-22-36/h6-34H,4-5,35H2,1-3H3,(H3,59,60,61)/b23-6-. The Morgan fingerprint density at radius 2 is 1.30 bits per heavy atom. The quantitative estimate of drug-likeness (QED) is 0.0984. The van der Waals surface area contributed by atoms with E-state index in [1.165, 1.54) is 61.2 Å². The molecule has 7 aromatic rings. The van der Waals surface area contributed by atoms with E-state index >= 15 is 0 Å². The smallest absolute Gasteiger partial charge is 0.154 e. The Bertz CT molecular complexity index is 3220. The molecule has 0 aliphatic heterocycles. The van der Waals surface area contributed by atoms with E-state index in [1.54, 1.807) is 0 Å². The first-order chi connectivity index (χ1) is 29.9. The third kappa shape index (κ3) is 5.04. The summed E-state index contributed by atoms with van der Waals surface area (Å²) in [7, 11) is 0. The number of nitrogens with zero attached hydrogens (tertiary/aromatic N) is 1. The van der Waals surface area contributed by atoms with Gasteiger partial charge in [-0.1, -0.05) is 197 Å². The summed E-state index contributed by atoms with van der Waals surface area (Å²) in [6, 6.07) is 52.3. The van der Waals surface area contributed by atoms with Gasteiger partial charge in [0.2, 0.25) is 0 Å². The Labute approximate surface area is 358 Å². The van der Waals surface area contributed by atoms with Crippen molar-refractivity contribution in [1.82, 2.24) is 0 Å². The van der Waals surface area contributed by atoms with Crippen LogP contribution in [0.1, 0.15) is 84.5 Å². The molecule has 4 aliphatic rings. The molecule has 0 saturated heterocycles. The molecule has 3 heteroatoms. The van der Waals surface area contributed by atoms with Gasteiger partial charge in [-0.25, -0.2) is 4.99 Å². The summed E-state index contributed by atoms with van der Waals surface area (Å²) in [5.74, 6) is 0.467. The van der Waals surface area contributed by atoms with Crippen molar-refractivity contribution in [3.8, 4) is 11.1 Å². The zero-order chi connectivity index (χ0) is 41.5. The van der Waals surface area contributed by atoms with Gasteiger partial charge in [0, 0.05) is 22.1 Å². The number of hydrogen-bond acceptors (Lipinski definition) is 1. The number of nitrogens with two attached hydrogens (primary N) is 1. The lowest BCUT2D eigenvalue weighted by Crippen LogP contribution is -2.39. The van der Waals surface area contributed by atoms with Crippen molar-refractivity contribution < 1.29 is 0 Å². The first-order valence-corrected chi connectivity index (χ1v) is 21.7. The van der Waals surface area contributed by atoms with Gasteiger partial charge in [0.05, 0.1) is 5.41 Å². The average Bonchev–Trinajstić information content (AvgIpc) is 3.78. The molecule has 0 bridgehead atoms. The molecule has 0 amide bonds. The van der Waals surface area contributed by atoms with Crippen molar-refractivity contribution in [2.45, 2.75) is 45.4 Å². The van der Waals surface area contributed by atoms with Gasteiger partial charge >= 0.3 is 0 Å². The Kier molecular flexibility index (Phi) is 8.48. The summed E-state index contributed by atoms with van der Waals surface area (Å²) in [5.41, 5.74) is 25.2. The Balaban J connectivity index is 1.30. The summed E-state index contributed by atoms with van der Waals surface area (Å²) in [4.78, 5) is 4.92. The second-order valence-corrected chi connectivity index (χ2v) is 17.0. The molecule has 4 aliphatic carbocycles. The molecule has 0 saturated carbocycles. The van der Waals surface area contributed by atoms with Crippen LogP contribution in [0.5, 0.6) is 0 Å². The monoisotopic (exact) mass is 785 g/mol. The highest BCUT2D eigenvalue weighted by Crippen LogP contribution is 2.71. The first kappa shape index (κ1) is 36.9. The van der Waals surface area contributed by atoms with Gasteiger partial charge in [-0.2, -0.15) is 0 Å². The van der Waals surface area contributed by atoms with Gasteiger partial charge in [0.25, 0.3) is 0 Å². The number of rotatable bonds is 6. The van der Waals surface area contributed by atoms with Crippen LogP contribution in [0, 0.1) is 10.8 Å². The van der Waals surface area contributed by atoms with Crippen LogP contribution in [0.15, 0.2) is 192 Å². The Morgan fingerprint density at radius 3 is 2.05 bits per heavy atom.